The van der Waals surface area contributed by atoms with Crippen LogP contribution in [0, 0.1) is 0 Å². The summed E-state index contributed by atoms with van der Waals surface area (Å²) in [5, 5.41) is 4.05. The zero-order valence-electron chi connectivity index (χ0n) is 14.9. The number of nitrogens with zero attached hydrogens (tertiary/aromatic N) is 2. The number of aromatic nitrogens is 1. The Labute approximate surface area is 158 Å². The minimum Gasteiger partial charge on any atom is -0.350 e. The van der Waals surface area contributed by atoms with E-state index < -0.39 is 0 Å². The van der Waals surface area contributed by atoms with Crippen LogP contribution in [-0.2, 0) is 13.6 Å². The fourth-order valence-electron chi connectivity index (χ4n) is 3.49. The van der Waals surface area contributed by atoms with Gasteiger partial charge >= 0.3 is 0 Å². The van der Waals surface area contributed by atoms with E-state index in [1.807, 2.05) is 66.0 Å². The van der Waals surface area contributed by atoms with Crippen LogP contribution in [0.3, 0.4) is 0 Å². The maximum absolute atomic E-state index is 12.8. The Bertz CT molecular complexity index is 928. The van der Waals surface area contributed by atoms with Gasteiger partial charge < -0.3 is 9.88 Å². The van der Waals surface area contributed by atoms with Crippen LogP contribution in [0.15, 0.2) is 54.7 Å². The van der Waals surface area contributed by atoms with Gasteiger partial charge in [0.05, 0.1) is 5.56 Å². The van der Waals surface area contributed by atoms with E-state index in [2.05, 4.69) is 22.3 Å². The zero-order chi connectivity index (χ0) is 17.9. The number of rotatable bonds is 4. The van der Waals surface area contributed by atoms with E-state index in [0.717, 1.165) is 36.2 Å². The van der Waals surface area contributed by atoms with Gasteiger partial charge in [0.25, 0.3) is 5.91 Å². The third kappa shape index (κ3) is 3.64. The van der Waals surface area contributed by atoms with E-state index in [1.165, 1.54) is 17.1 Å². The van der Waals surface area contributed by atoms with E-state index in [1.54, 1.807) is 0 Å². The van der Waals surface area contributed by atoms with Crippen LogP contribution < -0.4 is 5.32 Å². The summed E-state index contributed by atoms with van der Waals surface area (Å²) in [5.41, 5.74) is 3.87. The van der Waals surface area contributed by atoms with Gasteiger partial charge in [-0.15, -0.1) is 0 Å². The quantitative estimate of drug-likeness (QED) is 0.760. The van der Waals surface area contributed by atoms with Crippen molar-refractivity contribution < 1.29 is 4.79 Å². The fraction of sp³-hybridized carbons (Fsp3) is 0.286. The highest BCUT2D eigenvalue weighted by Crippen LogP contribution is 2.22. The number of carbonyl (C=O) groups excluding carboxylic acids is 1. The fourth-order valence-corrected chi connectivity index (χ4v) is 4.46. The van der Waals surface area contributed by atoms with Gasteiger partial charge in [0.2, 0.25) is 0 Å². The zero-order valence-corrected chi connectivity index (χ0v) is 15.8. The molecule has 0 saturated carbocycles. The lowest BCUT2D eigenvalue weighted by Gasteiger charge is -2.26. The van der Waals surface area contributed by atoms with Crippen molar-refractivity contribution in [1.82, 2.24) is 9.47 Å². The molecule has 0 radical (unpaired) electrons. The molecule has 1 aliphatic rings. The number of amides is 1. The van der Waals surface area contributed by atoms with Crippen LogP contribution in [0.4, 0.5) is 5.69 Å². The summed E-state index contributed by atoms with van der Waals surface area (Å²) in [7, 11) is 1.97. The minimum atomic E-state index is -0.0617. The first-order valence-electron chi connectivity index (χ1n) is 8.95. The summed E-state index contributed by atoms with van der Waals surface area (Å²) in [4.78, 5) is 15.3. The Hall–Kier alpha value is -2.24. The van der Waals surface area contributed by atoms with Gasteiger partial charge in [0.15, 0.2) is 0 Å². The minimum absolute atomic E-state index is 0.0617. The smallest absolute Gasteiger partial charge is 0.257 e. The first kappa shape index (κ1) is 17.2. The molecule has 0 atom stereocenters. The number of carbonyl (C=O) groups is 1. The van der Waals surface area contributed by atoms with Crippen LogP contribution >= 0.6 is 11.8 Å². The predicted molar refractivity (Wildman–Crippen MR) is 110 cm³/mol. The van der Waals surface area contributed by atoms with Gasteiger partial charge in [-0.2, -0.15) is 11.8 Å². The molecule has 1 aromatic heterocycles. The van der Waals surface area contributed by atoms with Crippen molar-refractivity contribution in [3.8, 4) is 0 Å². The van der Waals surface area contributed by atoms with Crippen LogP contribution in [-0.4, -0.2) is 40.0 Å². The third-order valence-corrected chi connectivity index (χ3v) is 5.78. The highest BCUT2D eigenvalue weighted by atomic mass is 32.2. The molecule has 1 aliphatic heterocycles. The van der Waals surface area contributed by atoms with E-state index >= 15 is 0 Å². The maximum Gasteiger partial charge on any atom is 0.257 e. The molecule has 4 nitrogen and oxygen atoms in total. The standard InChI is InChI=1S/C21H23N3OS/c1-23-15-19(18-7-2-3-8-20(18)23)21(25)22-17-6-4-5-16(13-17)14-24-9-11-26-12-10-24/h2-8,13,15H,9-12,14H2,1H3,(H,22,25). The van der Waals surface area contributed by atoms with Crippen molar-refractivity contribution >= 4 is 34.3 Å². The Kier molecular flexibility index (Phi) is 5.00. The maximum atomic E-state index is 12.8. The molecule has 1 N–H and O–H groups in total. The molecule has 5 heteroatoms. The van der Waals surface area contributed by atoms with Gasteiger partial charge in [-0.05, 0) is 23.8 Å². The van der Waals surface area contributed by atoms with Crippen molar-refractivity contribution in [3.63, 3.8) is 0 Å². The number of anilines is 1. The van der Waals surface area contributed by atoms with E-state index in [9.17, 15) is 4.79 Å². The Morgan fingerprint density at radius 1 is 1.12 bits per heavy atom. The Morgan fingerprint density at radius 2 is 1.92 bits per heavy atom. The molecule has 0 bridgehead atoms. The number of hydrogen-bond donors (Lipinski definition) is 1. The molecular formula is C21H23N3OS. The van der Waals surface area contributed by atoms with Crippen LogP contribution in [0.5, 0.6) is 0 Å². The van der Waals surface area contributed by atoms with E-state index in [-0.39, 0.29) is 5.91 Å². The molecule has 1 fully saturated rings. The first-order valence-corrected chi connectivity index (χ1v) is 10.1. The lowest BCUT2D eigenvalue weighted by Crippen LogP contribution is -2.31. The average molecular weight is 366 g/mol. The average Bonchev–Trinajstić information content (AvgIpc) is 3.00. The van der Waals surface area contributed by atoms with Crippen molar-refractivity contribution in [2.75, 3.05) is 29.9 Å². The molecule has 4 rings (SSSR count). The molecule has 0 aliphatic carbocycles. The van der Waals surface area contributed by atoms with Crippen molar-refractivity contribution in [2.24, 2.45) is 7.05 Å². The normalized spacial score (nSPS) is 15.3. The SMILES string of the molecule is Cn1cc(C(=O)Nc2cccc(CN3CCSCC3)c2)c2ccccc21. The van der Waals surface area contributed by atoms with Crippen LogP contribution in [0.1, 0.15) is 15.9 Å². The lowest BCUT2D eigenvalue weighted by molar-refractivity contribution is 0.102. The molecule has 2 aromatic carbocycles. The highest BCUT2D eigenvalue weighted by molar-refractivity contribution is 7.99. The molecular weight excluding hydrogens is 342 g/mol. The second-order valence-electron chi connectivity index (χ2n) is 6.71. The summed E-state index contributed by atoms with van der Waals surface area (Å²) in [6.45, 7) is 3.22. The summed E-state index contributed by atoms with van der Waals surface area (Å²) >= 11 is 2.02. The molecule has 0 spiro atoms. The van der Waals surface area contributed by atoms with Crippen molar-refractivity contribution in [2.45, 2.75) is 6.54 Å². The first-order chi connectivity index (χ1) is 12.7. The summed E-state index contributed by atoms with van der Waals surface area (Å²) in [5.74, 6) is 2.35. The summed E-state index contributed by atoms with van der Waals surface area (Å²) in [6.07, 6.45) is 1.90. The number of benzene rings is 2. The topological polar surface area (TPSA) is 37.3 Å². The van der Waals surface area contributed by atoms with Crippen LogP contribution in [0.25, 0.3) is 10.9 Å². The van der Waals surface area contributed by atoms with Gasteiger partial charge in [-0.1, -0.05) is 30.3 Å². The molecule has 134 valence electrons. The number of aryl methyl sites for hydroxylation is 1. The Morgan fingerprint density at radius 3 is 2.77 bits per heavy atom. The van der Waals surface area contributed by atoms with Crippen LogP contribution in [0.2, 0.25) is 0 Å². The second-order valence-corrected chi connectivity index (χ2v) is 7.94. The molecule has 1 amide bonds. The number of para-hydroxylation sites is 1. The van der Waals surface area contributed by atoms with Gasteiger partial charge in [-0.3, -0.25) is 9.69 Å². The monoisotopic (exact) mass is 365 g/mol. The van der Waals surface area contributed by atoms with E-state index in [4.69, 9.17) is 0 Å². The highest BCUT2D eigenvalue weighted by Gasteiger charge is 2.15. The predicted octanol–water partition coefficient (Wildman–Crippen LogP) is 3.98. The molecule has 2 heterocycles. The lowest BCUT2D eigenvalue weighted by atomic mass is 10.1. The second kappa shape index (κ2) is 7.56. The number of hydrogen-bond acceptors (Lipinski definition) is 3. The van der Waals surface area contributed by atoms with Crippen molar-refractivity contribution in [1.29, 1.82) is 0 Å². The van der Waals surface area contributed by atoms with E-state index in [0.29, 0.717) is 5.56 Å². The summed E-state index contributed by atoms with van der Waals surface area (Å²) in [6, 6.07) is 16.2. The Balaban J connectivity index is 1.51. The third-order valence-electron chi connectivity index (χ3n) is 4.84. The molecule has 26 heavy (non-hydrogen) atoms. The summed E-state index contributed by atoms with van der Waals surface area (Å²) < 4.78 is 2.00. The van der Waals surface area contributed by atoms with Crippen molar-refractivity contribution in [3.05, 3.63) is 65.9 Å². The number of thioether (sulfide) groups is 1. The number of nitrogens with one attached hydrogen (secondary N) is 1. The molecule has 3 aromatic rings. The molecule has 1 saturated heterocycles. The van der Waals surface area contributed by atoms with Gasteiger partial charge in [-0.25, -0.2) is 0 Å². The van der Waals surface area contributed by atoms with Gasteiger partial charge in [0, 0.05) is 61.0 Å². The number of fused-ring (bicyclic) bond motifs is 1. The van der Waals surface area contributed by atoms with Gasteiger partial charge in [0.1, 0.15) is 0 Å². The molecule has 0 unspecified atom stereocenters. The largest absolute Gasteiger partial charge is 0.350 e.